The van der Waals surface area contributed by atoms with Gasteiger partial charge >= 0.3 is 0 Å². The molecule has 0 saturated heterocycles. The molecule has 3 aromatic rings. The van der Waals surface area contributed by atoms with Crippen molar-refractivity contribution in [2.45, 2.75) is 33.2 Å². The summed E-state index contributed by atoms with van der Waals surface area (Å²) in [5.74, 6) is 0.539. The lowest BCUT2D eigenvalue weighted by Crippen LogP contribution is -2.32. The third-order valence-electron chi connectivity index (χ3n) is 4.08. The van der Waals surface area contributed by atoms with Crippen molar-refractivity contribution < 1.29 is 4.79 Å². The number of H-pyrrole nitrogens is 1. The van der Waals surface area contributed by atoms with Crippen LogP contribution in [0.4, 0.5) is 11.5 Å². The number of hydrogen-bond acceptors (Lipinski definition) is 4. The van der Waals surface area contributed by atoms with E-state index >= 15 is 0 Å². The van der Waals surface area contributed by atoms with Gasteiger partial charge in [0, 0.05) is 41.4 Å². The van der Waals surface area contributed by atoms with Gasteiger partial charge in [-0.1, -0.05) is 6.92 Å². The average molecular weight is 337 g/mol. The second kappa shape index (κ2) is 7.34. The van der Waals surface area contributed by atoms with Crippen molar-refractivity contribution in [3.63, 3.8) is 0 Å². The number of aromatic nitrogens is 3. The van der Waals surface area contributed by atoms with Gasteiger partial charge in [0.1, 0.15) is 17.8 Å². The Morgan fingerprint density at radius 2 is 2.08 bits per heavy atom. The number of aromatic amines is 1. The Kier molecular flexibility index (Phi) is 4.97. The van der Waals surface area contributed by atoms with Gasteiger partial charge in [0.2, 0.25) is 0 Å². The molecule has 0 aliphatic heterocycles. The number of rotatable bonds is 6. The maximum Gasteiger partial charge on any atom is 0.274 e. The average Bonchev–Trinajstić information content (AvgIpc) is 3.07. The zero-order chi connectivity index (χ0) is 17.8. The molecule has 0 aliphatic rings. The fourth-order valence-electron chi connectivity index (χ4n) is 2.83. The number of hydrogen-bond donors (Lipinski definition) is 2. The third kappa shape index (κ3) is 3.79. The third-order valence-corrected chi connectivity index (χ3v) is 4.08. The van der Waals surface area contributed by atoms with Gasteiger partial charge in [-0.3, -0.25) is 4.79 Å². The highest BCUT2D eigenvalue weighted by atomic mass is 16.1. The van der Waals surface area contributed by atoms with Crippen molar-refractivity contribution >= 4 is 28.3 Å². The summed E-state index contributed by atoms with van der Waals surface area (Å²) in [4.78, 5) is 26.3. The lowest BCUT2D eigenvalue weighted by molar-refractivity contribution is 0.102. The summed E-state index contributed by atoms with van der Waals surface area (Å²) in [6.45, 7) is 7.24. The van der Waals surface area contributed by atoms with E-state index in [0.717, 1.165) is 35.4 Å². The molecule has 6 heteroatoms. The first kappa shape index (κ1) is 17.0. The van der Waals surface area contributed by atoms with Crippen LogP contribution in [0.1, 0.15) is 37.7 Å². The normalized spacial score (nSPS) is 11.0. The van der Waals surface area contributed by atoms with Crippen LogP contribution in [-0.4, -0.2) is 33.4 Å². The van der Waals surface area contributed by atoms with Gasteiger partial charge in [0.25, 0.3) is 5.91 Å². The van der Waals surface area contributed by atoms with Gasteiger partial charge in [-0.05, 0) is 44.5 Å². The van der Waals surface area contributed by atoms with Gasteiger partial charge in [-0.2, -0.15) is 0 Å². The Hall–Kier alpha value is -2.89. The van der Waals surface area contributed by atoms with Gasteiger partial charge in [0.05, 0.1) is 0 Å². The maximum atomic E-state index is 12.6. The Balaban J connectivity index is 1.80. The van der Waals surface area contributed by atoms with Crippen LogP contribution in [0.25, 0.3) is 10.9 Å². The molecule has 25 heavy (non-hydrogen) atoms. The highest BCUT2D eigenvalue weighted by molar-refractivity contribution is 6.04. The molecular formula is C19H23N5O. The summed E-state index contributed by atoms with van der Waals surface area (Å²) >= 11 is 0. The second-order valence-electron chi connectivity index (χ2n) is 6.28. The topological polar surface area (TPSA) is 73.9 Å². The van der Waals surface area contributed by atoms with Crippen LogP contribution >= 0.6 is 0 Å². The molecule has 0 bridgehead atoms. The number of carbonyl (C=O) groups excluding carboxylic acids is 1. The summed E-state index contributed by atoms with van der Waals surface area (Å²) in [5, 5.41) is 3.96. The van der Waals surface area contributed by atoms with E-state index in [1.807, 2.05) is 30.5 Å². The van der Waals surface area contributed by atoms with Gasteiger partial charge < -0.3 is 15.2 Å². The summed E-state index contributed by atoms with van der Waals surface area (Å²) in [6, 6.07) is 9.78. The number of nitrogens with one attached hydrogen (secondary N) is 2. The Labute approximate surface area is 147 Å². The molecular weight excluding hydrogens is 314 g/mol. The molecule has 0 atom stereocenters. The Morgan fingerprint density at radius 1 is 1.24 bits per heavy atom. The number of anilines is 2. The molecule has 0 saturated carbocycles. The molecule has 0 fully saturated rings. The standard InChI is InChI=1S/C19H23N5O/c1-4-9-24(13(2)3)18-11-17(21-12-22-18)19(25)23-15-5-6-16-14(10-15)7-8-20-16/h5-8,10-13,20H,4,9H2,1-3H3,(H,23,25). The van der Waals surface area contributed by atoms with E-state index in [4.69, 9.17) is 0 Å². The number of benzene rings is 1. The quantitative estimate of drug-likeness (QED) is 0.717. The number of fused-ring (bicyclic) bond motifs is 1. The minimum Gasteiger partial charge on any atom is -0.361 e. The molecule has 0 radical (unpaired) electrons. The summed E-state index contributed by atoms with van der Waals surface area (Å²) in [5.41, 5.74) is 2.14. The minimum absolute atomic E-state index is 0.237. The highest BCUT2D eigenvalue weighted by Crippen LogP contribution is 2.19. The van der Waals surface area contributed by atoms with Crippen molar-refractivity contribution in [2.24, 2.45) is 0 Å². The predicted molar refractivity (Wildman–Crippen MR) is 101 cm³/mol. The summed E-state index contributed by atoms with van der Waals surface area (Å²) in [7, 11) is 0. The minimum atomic E-state index is -0.237. The van der Waals surface area contributed by atoms with E-state index in [-0.39, 0.29) is 5.91 Å². The molecule has 2 N–H and O–H groups in total. The first-order valence-electron chi connectivity index (χ1n) is 8.55. The highest BCUT2D eigenvalue weighted by Gasteiger charge is 2.15. The smallest absolute Gasteiger partial charge is 0.274 e. The molecule has 3 rings (SSSR count). The summed E-state index contributed by atoms with van der Waals surface area (Å²) in [6.07, 6.45) is 4.34. The first-order chi connectivity index (χ1) is 12.1. The van der Waals surface area contributed by atoms with Crippen LogP contribution in [0.5, 0.6) is 0 Å². The van der Waals surface area contributed by atoms with Crippen LogP contribution in [-0.2, 0) is 0 Å². The second-order valence-corrected chi connectivity index (χ2v) is 6.28. The SMILES string of the molecule is CCCN(c1cc(C(=O)Nc2ccc3[nH]ccc3c2)ncn1)C(C)C. The van der Waals surface area contributed by atoms with E-state index in [2.05, 4.69) is 45.9 Å². The maximum absolute atomic E-state index is 12.6. The fraction of sp³-hybridized carbons (Fsp3) is 0.316. The monoisotopic (exact) mass is 337 g/mol. The lowest BCUT2D eigenvalue weighted by Gasteiger charge is -2.27. The molecule has 2 aromatic heterocycles. The van der Waals surface area contributed by atoms with Crippen molar-refractivity contribution in [3.8, 4) is 0 Å². The van der Waals surface area contributed by atoms with Crippen LogP contribution < -0.4 is 10.2 Å². The zero-order valence-electron chi connectivity index (χ0n) is 14.8. The van der Waals surface area contributed by atoms with Gasteiger partial charge in [-0.25, -0.2) is 9.97 Å². The number of carbonyl (C=O) groups is 1. The van der Waals surface area contributed by atoms with Crippen LogP contribution in [0.2, 0.25) is 0 Å². The van der Waals surface area contributed by atoms with E-state index in [1.54, 1.807) is 6.07 Å². The van der Waals surface area contributed by atoms with E-state index in [0.29, 0.717) is 11.7 Å². The molecule has 0 spiro atoms. The predicted octanol–water partition coefficient (Wildman–Crippen LogP) is 3.84. The first-order valence-corrected chi connectivity index (χ1v) is 8.55. The molecule has 1 amide bonds. The molecule has 2 heterocycles. The Bertz CT molecular complexity index is 871. The van der Waals surface area contributed by atoms with Crippen LogP contribution in [0, 0.1) is 0 Å². The molecule has 130 valence electrons. The molecule has 6 nitrogen and oxygen atoms in total. The van der Waals surface area contributed by atoms with Crippen molar-refractivity contribution in [1.29, 1.82) is 0 Å². The van der Waals surface area contributed by atoms with Gasteiger partial charge in [-0.15, -0.1) is 0 Å². The zero-order valence-corrected chi connectivity index (χ0v) is 14.8. The van der Waals surface area contributed by atoms with E-state index in [1.165, 1.54) is 6.33 Å². The van der Waals surface area contributed by atoms with Crippen LogP contribution in [0.15, 0.2) is 42.9 Å². The molecule has 1 aromatic carbocycles. The van der Waals surface area contributed by atoms with E-state index < -0.39 is 0 Å². The molecule has 0 unspecified atom stereocenters. The number of amides is 1. The largest absolute Gasteiger partial charge is 0.361 e. The Morgan fingerprint density at radius 3 is 2.84 bits per heavy atom. The van der Waals surface area contributed by atoms with Crippen molar-refractivity contribution in [2.75, 3.05) is 16.8 Å². The van der Waals surface area contributed by atoms with Gasteiger partial charge in [0.15, 0.2) is 0 Å². The molecule has 0 aliphatic carbocycles. The number of nitrogens with zero attached hydrogens (tertiary/aromatic N) is 3. The lowest BCUT2D eigenvalue weighted by atomic mass is 10.2. The fourth-order valence-corrected chi connectivity index (χ4v) is 2.83. The van der Waals surface area contributed by atoms with Crippen LogP contribution in [0.3, 0.4) is 0 Å². The van der Waals surface area contributed by atoms with Crippen molar-refractivity contribution in [3.05, 3.63) is 48.5 Å². The van der Waals surface area contributed by atoms with E-state index in [9.17, 15) is 4.79 Å². The van der Waals surface area contributed by atoms with Crippen molar-refractivity contribution in [1.82, 2.24) is 15.0 Å². The summed E-state index contributed by atoms with van der Waals surface area (Å²) < 4.78 is 0.